The summed E-state index contributed by atoms with van der Waals surface area (Å²) in [5, 5.41) is 24.8. The van der Waals surface area contributed by atoms with Crippen LogP contribution in [0.25, 0.3) is 11.5 Å². The molecule has 0 atom stereocenters. The molecule has 0 unspecified atom stereocenters. The Balaban J connectivity index is -0.0000000174. The van der Waals surface area contributed by atoms with E-state index in [-0.39, 0.29) is 39.6 Å². The monoisotopic (exact) mass is 411 g/mol. The van der Waals surface area contributed by atoms with Crippen LogP contribution in [0.15, 0.2) is 16.0 Å². The Morgan fingerprint density at radius 3 is 1.07 bits per heavy atom. The summed E-state index contributed by atoms with van der Waals surface area (Å²) in [5.74, 6) is 0. The Morgan fingerprint density at radius 2 is 1.07 bits per heavy atom. The molecule has 0 rings (SSSR count). The SMILES string of the molecule is O.O=NO.O=NO.O=N[O-].[NH-]CC[NH-].[Pt+2]. The summed E-state index contributed by atoms with van der Waals surface area (Å²) in [6.07, 6.45) is 0. The van der Waals surface area contributed by atoms with Crippen LogP contribution in [0.1, 0.15) is 0 Å². The fraction of sp³-hybridized carbons (Fsp3) is 1.00. The van der Waals surface area contributed by atoms with E-state index in [4.69, 9.17) is 41.8 Å². The molecule has 0 saturated carbocycles. The van der Waals surface area contributed by atoms with Crippen molar-refractivity contribution in [1.82, 2.24) is 0 Å². The molecule has 0 aliphatic carbocycles. The first kappa shape index (κ1) is 37.2. The average molecular weight is 411 g/mol. The number of nitrogens with zero attached hydrogens (tertiary/aromatic N) is 3. The molecule has 0 heterocycles. The molecule has 0 radical (unpaired) electrons. The second kappa shape index (κ2) is 125. The average Bonchev–Trinajstić information content (AvgIpc) is 2.08. The van der Waals surface area contributed by atoms with Crippen molar-refractivity contribution in [1.29, 1.82) is 0 Å². The largest absolute Gasteiger partial charge is 2.00 e. The zero-order valence-electron chi connectivity index (χ0n) is 7.10. The van der Waals surface area contributed by atoms with Crippen LogP contribution in [0.2, 0.25) is 0 Å². The van der Waals surface area contributed by atoms with E-state index < -0.39 is 0 Å². The minimum absolute atomic E-state index is 0. The first-order chi connectivity index (χ1) is 6.16. The zero-order chi connectivity index (χ0) is 11.5. The van der Waals surface area contributed by atoms with Gasteiger partial charge in [-0.3, -0.25) is 0 Å². The molecule has 0 aromatic carbocycles. The summed E-state index contributed by atoms with van der Waals surface area (Å²) in [4.78, 5) is 24.2. The molecule has 13 heteroatoms. The van der Waals surface area contributed by atoms with Gasteiger partial charge in [0.15, 0.2) is 10.7 Å². The fourth-order valence-electron chi connectivity index (χ4n) is 0. The third-order valence-electron chi connectivity index (χ3n) is 0.125. The summed E-state index contributed by atoms with van der Waals surface area (Å²) < 4.78 is 0. The molecule has 6 N–H and O–H groups in total. The van der Waals surface area contributed by atoms with Crippen LogP contribution in [0.4, 0.5) is 0 Å². The third kappa shape index (κ3) is 27600. The standard InChI is InChI=1S/C2H6N2.3HNO2.H2O.Pt/c3-1-2-4;3*2-1-3;;/h3-4H,1-2H2;3*(H,2,3);1H2;/q-2;;;;;+2/p-1. The van der Waals surface area contributed by atoms with Gasteiger partial charge in [0, 0.05) is 0 Å². The molecule has 96 valence electrons. The molecular weight excluding hydrogens is 401 g/mol. The van der Waals surface area contributed by atoms with Crippen molar-refractivity contribution in [2.24, 2.45) is 16.0 Å². The van der Waals surface area contributed by atoms with Crippen molar-refractivity contribution >= 4 is 0 Å². The summed E-state index contributed by atoms with van der Waals surface area (Å²) in [6.45, 7) is 0.472. The van der Waals surface area contributed by atoms with Crippen LogP contribution < -0.4 is 0 Å². The number of hydrogen-bond donors (Lipinski definition) is 2. The minimum Gasteiger partial charge on any atom is -0.679 e. The quantitative estimate of drug-likeness (QED) is 0.467. The topological polar surface area (TPSA) is 231 Å². The zero-order valence-corrected chi connectivity index (χ0v) is 9.37. The van der Waals surface area contributed by atoms with Crippen molar-refractivity contribution < 1.29 is 37.0 Å². The van der Waals surface area contributed by atoms with E-state index in [0.717, 1.165) is 5.34 Å². The predicted molar refractivity (Wildman–Crippen MR) is 46.3 cm³/mol. The van der Waals surface area contributed by atoms with Crippen molar-refractivity contribution in [3.05, 3.63) is 31.4 Å². The maximum atomic E-state index is 8.11. The summed E-state index contributed by atoms with van der Waals surface area (Å²) in [6, 6.07) is 0. The minimum atomic E-state index is 0. The van der Waals surface area contributed by atoms with Crippen molar-refractivity contribution in [2.75, 3.05) is 13.1 Å². The summed E-state index contributed by atoms with van der Waals surface area (Å²) >= 11 is 0. The van der Waals surface area contributed by atoms with Gasteiger partial charge in [0.05, 0.1) is 0 Å². The Kier molecular flexibility index (Phi) is 309. The maximum Gasteiger partial charge on any atom is 2.00 e. The van der Waals surface area contributed by atoms with E-state index in [9.17, 15) is 0 Å². The van der Waals surface area contributed by atoms with E-state index >= 15 is 0 Å². The van der Waals surface area contributed by atoms with Gasteiger partial charge in [0.2, 0.25) is 0 Å². The number of rotatable bonds is 1. The molecule has 0 aromatic rings. The van der Waals surface area contributed by atoms with Crippen LogP contribution in [-0.2, 0) is 21.1 Å². The molecular formula is C2H10N5O7Pt-. The van der Waals surface area contributed by atoms with Crippen LogP contribution in [0, 0.1) is 19.9 Å². The van der Waals surface area contributed by atoms with Crippen molar-refractivity contribution in [3.8, 4) is 0 Å². The van der Waals surface area contributed by atoms with Gasteiger partial charge in [0.1, 0.15) is 0 Å². The van der Waals surface area contributed by atoms with E-state index in [1.807, 2.05) is 0 Å². The molecule has 0 aliphatic heterocycles. The molecule has 0 aromatic heterocycles. The number of hydrogen-bond acceptors (Lipinski definition) is 7. The fourth-order valence-corrected chi connectivity index (χ4v) is 0. The van der Waals surface area contributed by atoms with E-state index in [0.29, 0.717) is 0 Å². The van der Waals surface area contributed by atoms with Gasteiger partial charge in [-0.15, -0.1) is 15.2 Å². The van der Waals surface area contributed by atoms with E-state index in [1.165, 1.54) is 10.7 Å². The molecule has 0 amide bonds. The smallest absolute Gasteiger partial charge is 0.679 e. The maximum absolute atomic E-state index is 8.11. The van der Waals surface area contributed by atoms with Crippen LogP contribution in [-0.4, -0.2) is 29.0 Å². The van der Waals surface area contributed by atoms with Crippen LogP contribution in [0.3, 0.4) is 0 Å². The van der Waals surface area contributed by atoms with Crippen molar-refractivity contribution in [3.63, 3.8) is 0 Å². The van der Waals surface area contributed by atoms with Gasteiger partial charge in [-0.2, -0.15) is 13.1 Å². The predicted octanol–water partition coefficient (Wildman–Crippen LogP) is 0.798. The molecule has 0 aliphatic rings. The van der Waals surface area contributed by atoms with Gasteiger partial charge in [0.25, 0.3) is 0 Å². The normalized spacial score (nSPS) is 4.40. The van der Waals surface area contributed by atoms with E-state index in [2.05, 4.69) is 0 Å². The Morgan fingerprint density at radius 1 is 1.00 bits per heavy atom. The first-order valence-corrected chi connectivity index (χ1v) is 2.34. The summed E-state index contributed by atoms with van der Waals surface area (Å²) in [7, 11) is 0. The third-order valence-corrected chi connectivity index (χ3v) is 0.125. The molecule has 0 fully saturated rings. The Bertz CT molecular complexity index is 79.2. The van der Waals surface area contributed by atoms with Crippen LogP contribution in [0.5, 0.6) is 0 Å². The van der Waals surface area contributed by atoms with Gasteiger partial charge in [-0.1, -0.05) is 0 Å². The van der Waals surface area contributed by atoms with Gasteiger partial charge in [-0.05, 0) is 0 Å². The first-order valence-electron chi connectivity index (χ1n) is 2.34. The molecule has 0 saturated heterocycles. The van der Waals surface area contributed by atoms with Gasteiger partial charge < -0.3 is 37.5 Å². The Labute approximate surface area is 98.0 Å². The molecule has 0 spiro atoms. The number of nitrogens with one attached hydrogen (secondary N) is 2. The molecule has 0 bridgehead atoms. The van der Waals surface area contributed by atoms with E-state index in [1.54, 1.807) is 0 Å². The molecule has 15 heavy (non-hydrogen) atoms. The summed E-state index contributed by atoms with van der Waals surface area (Å²) in [5.41, 5.74) is 12.5. The van der Waals surface area contributed by atoms with Gasteiger partial charge in [-0.25, -0.2) is 0 Å². The van der Waals surface area contributed by atoms with Crippen molar-refractivity contribution in [2.45, 2.75) is 0 Å². The molecule has 12 nitrogen and oxygen atoms in total. The second-order valence-corrected chi connectivity index (χ2v) is 0.738. The van der Waals surface area contributed by atoms with Crippen LogP contribution >= 0.6 is 0 Å². The van der Waals surface area contributed by atoms with Gasteiger partial charge >= 0.3 is 21.1 Å². The Hall–Kier alpha value is -1.23. The second-order valence-electron chi connectivity index (χ2n) is 0.738.